The summed E-state index contributed by atoms with van der Waals surface area (Å²) < 4.78 is 38.0. The molecule has 0 atom stereocenters. The molecule has 0 aliphatic carbocycles. The molecular formula is C14H21FN2O3S. The van der Waals surface area contributed by atoms with Gasteiger partial charge in [-0.1, -0.05) is 25.1 Å². The molecule has 1 rings (SSSR count). The zero-order valence-corrected chi connectivity index (χ0v) is 13.1. The van der Waals surface area contributed by atoms with E-state index < -0.39 is 10.0 Å². The van der Waals surface area contributed by atoms with Gasteiger partial charge in [0, 0.05) is 13.1 Å². The van der Waals surface area contributed by atoms with Crippen LogP contribution in [0.4, 0.5) is 4.39 Å². The second-order valence-corrected chi connectivity index (χ2v) is 6.77. The van der Waals surface area contributed by atoms with Crippen molar-refractivity contribution in [1.29, 1.82) is 0 Å². The third kappa shape index (κ3) is 6.22. The number of hydrogen-bond acceptors (Lipinski definition) is 3. The molecule has 1 amide bonds. The summed E-state index contributed by atoms with van der Waals surface area (Å²) in [7, 11) is -3.52. The van der Waals surface area contributed by atoms with Crippen molar-refractivity contribution in [2.75, 3.05) is 25.9 Å². The van der Waals surface area contributed by atoms with E-state index in [1.54, 1.807) is 18.2 Å². The highest BCUT2D eigenvalue weighted by Crippen LogP contribution is 2.09. The number of carbonyl (C=O) groups is 1. The molecule has 0 radical (unpaired) electrons. The van der Waals surface area contributed by atoms with Crippen LogP contribution >= 0.6 is 0 Å². The Morgan fingerprint density at radius 1 is 1.33 bits per heavy atom. The molecule has 0 unspecified atom stereocenters. The summed E-state index contributed by atoms with van der Waals surface area (Å²) in [5, 5.41) is 2.63. The van der Waals surface area contributed by atoms with E-state index in [0.717, 1.165) is 17.0 Å². The molecule has 0 fully saturated rings. The van der Waals surface area contributed by atoms with Crippen molar-refractivity contribution in [2.24, 2.45) is 0 Å². The van der Waals surface area contributed by atoms with E-state index in [1.807, 2.05) is 6.92 Å². The van der Waals surface area contributed by atoms with Crippen LogP contribution in [0.5, 0.6) is 0 Å². The Labute approximate surface area is 125 Å². The number of sulfonamides is 1. The number of amides is 1. The van der Waals surface area contributed by atoms with Crippen LogP contribution < -0.4 is 5.32 Å². The van der Waals surface area contributed by atoms with Crippen molar-refractivity contribution in [3.8, 4) is 0 Å². The second-order valence-electron chi connectivity index (χ2n) is 4.79. The van der Waals surface area contributed by atoms with Gasteiger partial charge in [0.15, 0.2) is 0 Å². The predicted octanol–water partition coefficient (Wildman–Crippen LogP) is 1.16. The summed E-state index contributed by atoms with van der Waals surface area (Å²) in [6, 6.07) is 6.20. The van der Waals surface area contributed by atoms with Gasteiger partial charge in [0.05, 0.1) is 12.8 Å². The van der Waals surface area contributed by atoms with Crippen molar-refractivity contribution in [3.05, 3.63) is 35.6 Å². The number of hydrogen-bond donors (Lipinski definition) is 1. The molecule has 0 bridgehead atoms. The summed E-state index contributed by atoms with van der Waals surface area (Å²) in [6.07, 6.45) is 2.04. The predicted molar refractivity (Wildman–Crippen MR) is 79.8 cm³/mol. The molecule has 0 aliphatic heterocycles. The van der Waals surface area contributed by atoms with Crippen LogP contribution in [0.3, 0.4) is 0 Å². The van der Waals surface area contributed by atoms with E-state index in [1.165, 1.54) is 6.07 Å². The maximum absolute atomic E-state index is 13.5. The Bertz CT molecular complexity index is 575. The van der Waals surface area contributed by atoms with Crippen molar-refractivity contribution < 1.29 is 17.6 Å². The van der Waals surface area contributed by atoms with Gasteiger partial charge in [-0.2, -0.15) is 4.31 Å². The molecule has 0 saturated heterocycles. The van der Waals surface area contributed by atoms with Gasteiger partial charge in [-0.3, -0.25) is 4.79 Å². The summed E-state index contributed by atoms with van der Waals surface area (Å²) in [4.78, 5) is 11.6. The molecule has 0 saturated carbocycles. The first-order valence-corrected chi connectivity index (χ1v) is 8.64. The first-order chi connectivity index (χ1) is 9.84. The summed E-state index contributed by atoms with van der Waals surface area (Å²) in [5.74, 6) is -0.725. The molecule has 21 heavy (non-hydrogen) atoms. The number of carbonyl (C=O) groups excluding carboxylic acids is 1. The fourth-order valence-electron chi connectivity index (χ4n) is 1.79. The van der Waals surface area contributed by atoms with Gasteiger partial charge in [0.25, 0.3) is 0 Å². The Morgan fingerprint density at radius 2 is 2.00 bits per heavy atom. The van der Waals surface area contributed by atoms with Crippen LogP contribution in [-0.2, 0) is 21.2 Å². The lowest BCUT2D eigenvalue weighted by atomic mass is 10.1. The third-order valence-electron chi connectivity index (χ3n) is 2.95. The van der Waals surface area contributed by atoms with Gasteiger partial charge < -0.3 is 5.32 Å². The van der Waals surface area contributed by atoms with Crippen LogP contribution in [0.25, 0.3) is 0 Å². The average Bonchev–Trinajstić information content (AvgIpc) is 2.41. The minimum atomic E-state index is -3.52. The Hall–Kier alpha value is -1.47. The lowest BCUT2D eigenvalue weighted by Gasteiger charge is -2.19. The Morgan fingerprint density at radius 3 is 2.57 bits per heavy atom. The van der Waals surface area contributed by atoms with E-state index in [9.17, 15) is 17.6 Å². The normalized spacial score (nSPS) is 11.6. The summed E-state index contributed by atoms with van der Waals surface area (Å²) >= 11 is 0. The van der Waals surface area contributed by atoms with E-state index in [0.29, 0.717) is 12.1 Å². The third-order valence-corrected chi connectivity index (χ3v) is 4.20. The van der Waals surface area contributed by atoms with Crippen molar-refractivity contribution in [1.82, 2.24) is 9.62 Å². The molecule has 1 aromatic carbocycles. The molecular weight excluding hydrogens is 295 g/mol. The molecule has 1 aromatic rings. The maximum Gasteiger partial charge on any atom is 0.235 e. The standard InChI is InChI=1S/C14H21FN2O3S/c1-3-9-16-14(18)11-17(21(2,19)20)10-8-12-6-4-5-7-13(12)15/h4-7H,3,8-11H2,1-2H3,(H,16,18). The number of benzene rings is 1. The van der Waals surface area contributed by atoms with Crippen LogP contribution in [0.1, 0.15) is 18.9 Å². The largest absolute Gasteiger partial charge is 0.355 e. The number of nitrogens with one attached hydrogen (secondary N) is 1. The molecule has 1 N–H and O–H groups in total. The van der Waals surface area contributed by atoms with Crippen LogP contribution in [-0.4, -0.2) is 44.5 Å². The Kier molecular flexibility index (Phi) is 6.77. The molecule has 0 spiro atoms. The minimum Gasteiger partial charge on any atom is -0.355 e. The zero-order valence-electron chi connectivity index (χ0n) is 12.3. The van der Waals surface area contributed by atoms with Crippen LogP contribution in [0, 0.1) is 5.82 Å². The van der Waals surface area contributed by atoms with Crippen molar-refractivity contribution in [3.63, 3.8) is 0 Å². The van der Waals surface area contributed by atoms with E-state index in [-0.39, 0.29) is 31.2 Å². The summed E-state index contributed by atoms with van der Waals surface area (Å²) in [6.45, 7) is 2.24. The van der Waals surface area contributed by atoms with Crippen LogP contribution in [0.15, 0.2) is 24.3 Å². The number of halogens is 1. The van der Waals surface area contributed by atoms with Crippen molar-refractivity contribution >= 4 is 15.9 Å². The van der Waals surface area contributed by atoms with Gasteiger partial charge in [0.1, 0.15) is 5.82 Å². The van der Waals surface area contributed by atoms with Gasteiger partial charge in [-0.05, 0) is 24.5 Å². The highest BCUT2D eigenvalue weighted by atomic mass is 32.2. The monoisotopic (exact) mass is 316 g/mol. The van der Waals surface area contributed by atoms with E-state index in [4.69, 9.17) is 0 Å². The minimum absolute atomic E-state index is 0.0688. The van der Waals surface area contributed by atoms with Gasteiger partial charge in [-0.25, -0.2) is 12.8 Å². The Balaban J connectivity index is 2.68. The highest BCUT2D eigenvalue weighted by Gasteiger charge is 2.20. The van der Waals surface area contributed by atoms with Crippen LogP contribution in [0.2, 0.25) is 0 Å². The average molecular weight is 316 g/mol. The van der Waals surface area contributed by atoms with Gasteiger partial charge in [0.2, 0.25) is 15.9 Å². The quantitative estimate of drug-likeness (QED) is 0.782. The number of rotatable bonds is 8. The van der Waals surface area contributed by atoms with Gasteiger partial charge in [-0.15, -0.1) is 0 Å². The zero-order chi connectivity index (χ0) is 15.9. The first kappa shape index (κ1) is 17.6. The van der Waals surface area contributed by atoms with Gasteiger partial charge >= 0.3 is 0 Å². The first-order valence-electron chi connectivity index (χ1n) is 6.79. The highest BCUT2D eigenvalue weighted by molar-refractivity contribution is 7.88. The molecule has 0 aliphatic rings. The maximum atomic E-state index is 13.5. The molecule has 0 heterocycles. The molecule has 118 valence electrons. The second kappa shape index (κ2) is 8.09. The SMILES string of the molecule is CCCNC(=O)CN(CCc1ccccc1F)S(C)(=O)=O. The molecule has 5 nitrogen and oxygen atoms in total. The molecule has 0 aromatic heterocycles. The lowest BCUT2D eigenvalue weighted by molar-refractivity contribution is -0.121. The topological polar surface area (TPSA) is 66.5 Å². The fourth-order valence-corrected chi connectivity index (χ4v) is 2.56. The lowest BCUT2D eigenvalue weighted by Crippen LogP contribution is -2.41. The summed E-state index contributed by atoms with van der Waals surface area (Å²) in [5.41, 5.74) is 0.431. The smallest absolute Gasteiger partial charge is 0.235 e. The molecule has 7 heteroatoms. The van der Waals surface area contributed by atoms with E-state index >= 15 is 0 Å². The fraction of sp³-hybridized carbons (Fsp3) is 0.500. The van der Waals surface area contributed by atoms with E-state index in [2.05, 4.69) is 5.32 Å². The number of nitrogens with zero attached hydrogens (tertiary/aromatic N) is 1. The van der Waals surface area contributed by atoms with Crippen molar-refractivity contribution in [2.45, 2.75) is 19.8 Å².